The number of halogens is 1. The van der Waals surface area contributed by atoms with Crippen LogP contribution in [-0.2, 0) is 0 Å². The topological polar surface area (TPSA) is 74.5 Å². The number of hydrogen-bond donors (Lipinski definition) is 2. The summed E-state index contributed by atoms with van der Waals surface area (Å²) in [6, 6.07) is 1.76. The van der Waals surface area contributed by atoms with Crippen LogP contribution in [0.1, 0.15) is 17.3 Å². The van der Waals surface area contributed by atoms with Gasteiger partial charge in [-0.1, -0.05) is 11.6 Å². The Bertz CT molecular complexity index is 502. The molecule has 0 radical (unpaired) electrons. The van der Waals surface area contributed by atoms with Gasteiger partial charge in [-0.15, -0.1) is 0 Å². The highest BCUT2D eigenvalue weighted by Crippen LogP contribution is 2.20. The Labute approximate surface area is 130 Å². The van der Waals surface area contributed by atoms with Gasteiger partial charge in [-0.3, -0.25) is 9.69 Å². The number of carbonyl (C=O) groups excluding carboxylic acids is 1. The summed E-state index contributed by atoms with van der Waals surface area (Å²) in [6.07, 6.45) is 1.44. The number of nitrogens with one attached hydrogen (secondary N) is 1. The van der Waals surface area contributed by atoms with Gasteiger partial charge in [-0.2, -0.15) is 0 Å². The number of piperazine rings is 1. The van der Waals surface area contributed by atoms with Crippen LogP contribution in [0, 0.1) is 0 Å². The minimum atomic E-state index is -0.526. The second-order valence-electron chi connectivity index (χ2n) is 5.57. The van der Waals surface area contributed by atoms with E-state index in [1.807, 2.05) is 0 Å². The lowest BCUT2D eigenvalue weighted by molar-refractivity contribution is 0.1000. The zero-order valence-corrected chi connectivity index (χ0v) is 13.2. The van der Waals surface area contributed by atoms with Crippen molar-refractivity contribution in [3.05, 3.63) is 22.8 Å². The first-order valence-corrected chi connectivity index (χ1v) is 7.46. The summed E-state index contributed by atoms with van der Waals surface area (Å²) in [4.78, 5) is 20.0. The third-order valence-corrected chi connectivity index (χ3v) is 3.92. The average molecular weight is 312 g/mol. The first kappa shape index (κ1) is 16.0. The molecular formula is C14H22ClN5O. The van der Waals surface area contributed by atoms with Gasteiger partial charge < -0.3 is 16.0 Å². The number of amides is 1. The average Bonchev–Trinajstić information content (AvgIpc) is 2.43. The lowest BCUT2D eigenvalue weighted by atomic mass is 10.2. The van der Waals surface area contributed by atoms with E-state index < -0.39 is 5.91 Å². The minimum Gasteiger partial charge on any atom is -0.366 e. The first-order valence-electron chi connectivity index (χ1n) is 7.08. The highest BCUT2D eigenvalue weighted by Gasteiger charge is 2.17. The second-order valence-corrected chi connectivity index (χ2v) is 5.98. The molecule has 0 spiro atoms. The third kappa shape index (κ3) is 4.56. The predicted octanol–water partition coefficient (Wildman–Crippen LogP) is 0.882. The van der Waals surface area contributed by atoms with Crippen LogP contribution in [0.15, 0.2) is 12.3 Å². The number of aromatic nitrogens is 1. The van der Waals surface area contributed by atoms with Gasteiger partial charge >= 0.3 is 0 Å². The number of nitrogens with zero attached hydrogens (tertiary/aromatic N) is 3. The maximum Gasteiger partial charge on any atom is 0.250 e. The molecule has 1 aromatic heterocycles. The van der Waals surface area contributed by atoms with E-state index in [1.165, 1.54) is 6.20 Å². The number of rotatable bonds is 5. The maximum absolute atomic E-state index is 11.1. The first-order chi connectivity index (χ1) is 9.95. The zero-order chi connectivity index (χ0) is 15.4. The molecule has 1 aromatic rings. The van der Waals surface area contributed by atoms with Crippen LogP contribution >= 0.6 is 11.6 Å². The van der Waals surface area contributed by atoms with Crippen molar-refractivity contribution in [3.8, 4) is 0 Å². The van der Waals surface area contributed by atoms with Crippen LogP contribution < -0.4 is 11.1 Å². The van der Waals surface area contributed by atoms with E-state index >= 15 is 0 Å². The highest BCUT2D eigenvalue weighted by atomic mass is 35.5. The summed E-state index contributed by atoms with van der Waals surface area (Å²) >= 11 is 6.13. The van der Waals surface area contributed by atoms with E-state index in [-0.39, 0.29) is 6.04 Å². The molecule has 3 N–H and O–H groups in total. The van der Waals surface area contributed by atoms with Gasteiger partial charge in [0, 0.05) is 45.0 Å². The van der Waals surface area contributed by atoms with Gasteiger partial charge in [0.15, 0.2) is 0 Å². The number of pyridine rings is 1. The van der Waals surface area contributed by atoms with Gasteiger partial charge in [-0.05, 0) is 20.0 Å². The summed E-state index contributed by atoms with van der Waals surface area (Å²) in [7, 11) is 2.14. The number of likely N-dealkylation sites (N-methyl/N-ethyl adjacent to an activating group) is 1. The number of carbonyl (C=O) groups is 1. The van der Waals surface area contributed by atoms with Crippen LogP contribution in [0.25, 0.3) is 0 Å². The Morgan fingerprint density at radius 1 is 1.48 bits per heavy atom. The molecule has 2 heterocycles. The Balaban J connectivity index is 1.90. The smallest absolute Gasteiger partial charge is 0.250 e. The molecule has 0 aliphatic carbocycles. The maximum atomic E-state index is 11.1. The van der Waals surface area contributed by atoms with E-state index in [0.29, 0.717) is 16.4 Å². The van der Waals surface area contributed by atoms with E-state index in [4.69, 9.17) is 17.3 Å². The summed E-state index contributed by atoms with van der Waals surface area (Å²) in [5, 5.41) is 3.70. The van der Waals surface area contributed by atoms with Crippen molar-refractivity contribution in [2.45, 2.75) is 13.0 Å². The molecule has 1 atom stereocenters. The number of primary amides is 1. The van der Waals surface area contributed by atoms with Gasteiger partial charge in [0.1, 0.15) is 5.82 Å². The van der Waals surface area contributed by atoms with Crippen LogP contribution in [0.4, 0.5) is 5.82 Å². The van der Waals surface area contributed by atoms with E-state index in [1.54, 1.807) is 6.07 Å². The Morgan fingerprint density at radius 3 is 2.71 bits per heavy atom. The number of nitrogens with two attached hydrogens (primary N) is 1. The SMILES string of the molecule is CC(CN1CCN(C)CC1)Nc1ncc(C(N)=O)cc1Cl. The molecule has 0 bridgehead atoms. The normalized spacial score (nSPS) is 18.4. The molecule has 0 saturated carbocycles. The highest BCUT2D eigenvalue weighted by molar-refractivity contribution is 6.33. The van der Waals surface area contributed by atoms with Crippen LogP contribution in [0.2, 0.25) is 5.02 Å². The quantitative estimate of drug-likeness (QED) is 0.844. The molecule has 7 heteroatoms. The van der Waals surface area contributed by atoms with Crippen LogP contribution in [-0.4, -0.2) is 66.5 Å². The molecule has 21 heavy (non-hydrogen) atoms. The molecule has 116 valence electrons. The fraction of sp³-hybridized carbons (Fsp3) is 0.571. The van der Waals surface area contributed by atoms with Crippen molar-refractivity contribution in [1.82, 2.24) is 14.8 Å². The van der Waals surface area contributed by atoms with Crippen molar-refractivity contribution in [3.63, 3.8) is 0 Å². The molecule has 6 nitrogen and oxygen atoms in total. The molecule has 1 unspecified atom stereocenters. The fourth-order valence-electron chi connectivity index (χ4n) is 2.38. The predicted molar refractivity (Wildman–Crippen MR) is 84.8 cm³/mol. The summed E-state index contributed by atoms with van der Waals surface area (Å²) in [6.45, 7) is 7.37. The summed E-state index contributed by atoms with van der Waals surface area (Å²) in [5.74, 6) is 0.0599. The summed E-state index contributed by atoms with van der Waals surface area (Å²) < 4.78 is 0. The molecule has 0 aromatic carbocycles. The minimum absolute atomic E-state index is 0.220. The molecule has 2 rings (SSSR count). The van der Waals surface area contributed by atoms with Crippen molar-refractivity contribution < 1.29 is 4.79 Å². The van der Waals surface area contributed by atoms with Crippen molar-refractivity contribution in [2.24, 2.45) is 5.73 Å². The lowest BCUT2D eigenvalue weighted by Gasteiger charge is -2.34. The molecule has 1 amide bonds. The zero-order valence-electron chi connectivity index (χ0n) is 12.5. The number of hydrogen-bond acceptors (Lipinski definition) is 5. The molecule has 1 aliphatic heterocycles. The summed E-state index contributed by atoms with van der Waals surface area (Å²) in [5.41, 5.74) is 5.52. The Hall–Kier alpha value is -1.37. The lowest BCUT2D eigenvalue weighted by Crippen LogP contribution is -2.47. The van der Waals surface area contributed by atoms with Crippen molar-refractivity contribution >= 4 is 23.3 Å². The van der Waals surface area contributed by atoms with Crippen LogP contribution in [0.5, 0.6) is 0 Å². The van der Waals surface area contributed by atoms with Gasteiger partial charge in [0.2, 0.25) is 5.91 Å². The van der Waals surface area contributed by atoms with E-state index in [2.05, 4.69) is 34.1 Å². The molecule has 1 aliphatic rings. The Kier molecular flexibility index (Phi) is 5.39. The van der Waals surface area contributed by atoms with E-state index in [9.17, 15) is 4.79 Å². The van der Waals surface area contributed by atoms with Gasteiger partial charge in [0.25, 0.3) is 0 Å². The van der Waals surface area contributed by atoms with E-state index in [0.717, 1.165) is 32.7 Å². The third-order valence-electron chi connectivity index (χ3n) is 3.64. The Morgan fingerprint density at radius 2 is 2.14 bits per heavy atom. The van der Waals surface area contributed by atoms with Crippen molar-refractivity contribution in [1.29, 1.82) is 0 Å². The molecule has 1 saturated heterocycles. The van der Waals surface area contributed by atoms with Crippen molar-refractivity contribution in [2.75, 3.05) is 45.1 Å². The van der Waals surface area contributed by atoms with Gasteiger partial charge in [-0.25, -0.2) is 4.98 Å². The standard InChI is InChI=1S/C14H22ClN5O/c1-10(9-20-5-3-19(2)4-6-20)18-14-12(15)7-11(8-17-14)13(16)21/h7-8,10H,3-6,9H2,1-2H3,(H2,16,21)(H,17,18). The monoisotopic (exact) mass is 311 g/mol. The second kappa shape index (κ2) is 7.06. The number of anilines is 1. The van der Waals surface area contributed by atoms with Crippen LogP contribution in [0.3, 0.4) is 0 Å². The van der Waals surface area contributed by atoms with Gasteiger partial charge in [0.05, 0.1) is 10.6 Å². The molecular weight excluding hydrogens is 290 g/mol. The molecule has 1 fully saturated rings. The fourth-order valence-corrected chi connectivity index (χ4v) is 2.60. The largest absolute Gasteiger partial charge is 0.366 e.